The Labute approximate surface area is 247 Å². The average molecular weight is 581 g/mol. The first-order valence-electron chi connectivity index (χ1n) is 15.2. The summed E-state index contributed by atoms with van der Waals surface area (Å²) in [6, 6.07) is 6.01. The van der Waals surface area contributed by atoms with Crippen molar-refractivity contribution >= 4 is 23.1 Å². The standard InChI is InChI=1S/C18H23F3N6.C8H18.C4H8.C2H6/c1-3-12-10-13(27-8-6-26(2)7-9-27)4-5-15(12)24-17-23-11-14(16(22)25-17)18(19,20)21;1-3-5-7-8-6-4-2;1-3-4-2;1-2/h4-5,10-11H,3,6-9H2,1-2H3,(H3,22,23,24,25);3-8H2,1-2H3;3H,1,4H2,2H3;1-2H3. The van der Waals surface area contributed by atoms with Crippen LogP contribution in [0.5, 0.6) is 0 Å². The van der Waals surface area contributed by atoms with E-state index in [0.29, 0.717) is 6.20 Å². The highest BCUT2D eigenvalue weighted by Crippen LogP contribution is 2.33. The SMILES string of the molecule is C=CCC.CC.CCCCCCCC.CCc1cc(N2CCN(C)CC2)ccc1Nc1ncc(C(F)(F)F)c(N)n1. The Bertz CT molecular complexity index is 951. The number of nitrogens with one attached hydrogen (secondary N) is 1. The largest absolute Gasteiger partial charge is 0.421 e. The quantitative estimate of drug-likeness (QED) is 0.216. The third-order valence-corrected chi connectivity index (χ3v) is 6.45. The molecule has 0 aliphatic carbocycles. The summed E-state index contributed by atoms with van der Waals surface area (Å²) in [6.45, 7) is 20.0. The summed E-state index contributed by atoms with van der Waals surface area (Å²) in [7, 11) is 2.11. The second kappa shape index (κ2) is 21.9. The van der Waals surface area contributed by atoms with Crippen LogP contribution in [0.15, 0.2) is 37.1 Å². The topological polar surface area (TPSA) is 70.3 Å². The molecule has 0 spiro atoms. The van der Waals surface area contributed by atoms with Gasteiger partial charge in [-0.25, -0.2) is 4.98 Å². The molecule has 0 unspecified atom stereocenters. The Morgan fingerprint density at radius 3 is 1.98 bits per heavy atom. The summed E-state index contributed by atoms with van der Waals surface area (Å²) in [5.41, 5.74) is 7.34. The Hall–Kier alpha value is -2.81. The lowest BCUT2D eigenvalue weighted by Gasteiger charge is -2.34. The minimum absolute atomic E-state index is 0.0440. The van der Waals surface area contributed by atoms with E-state index in [1.165, 1.54) is 38.5 Å². The second-order valence-electron chi connectivity index (χ2n) is 9.71. The number of nitrogens with zero attached hydrogens (tertiary/aromatic N) is 4. The maximum atomic E-state index is 12.8. The van der Waals surface area contributed by atoms with Crippen molar-refractivity contribution in [3.8, 4) is 0 Å². The Kier molecular flexibility index (Phi) is 20.4. The average Bonchev–Trinajstić information content (AvgIpc) is 2.97. The van der Waals surface area contributed by atoms with Crippen LogP contribution in [-0.2, 0) is 12.6 Å². The van der Waals surface area contributed by atoms with Crippen LogP contribution in [0.25, 0.3) is 0 Å². The van der Waals surface area contributed by atoms with E-state index in [2.05, 4.69) is 65.5 Å². The first-order valence-corrected chi connectivity index (χ1v) is 15.2. The van der Waals surface area contributed by atoms with Gasteiger partial charge in [-0.1, -0.05) is 86.1 Å². The summed E-state index contributed by atoms with van der Waals surface area (Å²) in [4.78, 5) is 12.1. The lowest BCUT2D eigenvalue weighted by Crippen LogP contribution is -2.44. The summed E-state index contributed by atoms with van der Waals surface area (Å²) < 4.78 is 38.4. The van der Waals surface area contributed by atoms with Crippen molar-refractivity contribution < 1.29 is 13.2 Å². The minimum Gasteiger partial charge on any atom is -0.383 e. The molecule has 3 rings (SSSR count). The van der Waals surface area contributed by atoms with Gasteiger partial charge in [-0.2, -0.15) is 18.2 Å². The summed E-state index contributed by atoms with van der Waals surface area (Å²) in [6.07, 6.45) is 8.35. The number of piperazine rings is 1. The van der Waals surface area contributed by atoms with Gasteiger partial charge in [0.25, 0.3) is 0 Å². The Morgan fingerprint density at radius 2 is 1.54 bits per heavy atom. The van der Waals surface area contributed by atoms with Gasteiger partial charge in [-0.3, -0.25) is 0 Å². The van der Waals surface area contributed by atoms with Gasteiger partial charge in [0.05, 0.1) is 0 Å². The number of nitrogen functional groups attached to an aromatic ring is 1. The van der Waals surface area contributed by atoms with Crippen LogP contribution in [0.4, 0.5) is 36.3 Å². The predicted molar refractivity (Wildman–Crippen MR) is 171 cm³/mol. The number of unbranched alkanes of at least 4 members (excludes halogenated alkanes) is 5. The van der Waals surface area contributed by atoms with Crippen molar-refractivity contribution in [1.82, 2.24) is 14.9 Å². The fourth-order valence-electron chi connectivity index (χ4n) is 3.90. The van der Waals surface area contributed by atoms with Crippen molar-refractivity contribution in [3.05, 3.63) is 48.2 Å². The number of allylic oxidation sites excluding steroid dienone is 1. The fraction of sp³-hybridized carbons (Fsp3) is 0.625. The van der Waals surface area contributed by atoms with E-state index in [1.807, 2.05) is 39.0 Å². The number of alkyl halides is 3. The maximum absolute atomic E-state index is 12.8. The van der Waals surface area contributed by atoms with Gasteiger partial charge < -0.3 is 20.9 Å². The van der Waals surface area contributed by atoms with Crippen LogP contribution in [0.1, 0.15) is 97.6 Å². The highest BCUT2D eigenvalue weighted by molar-refractivity contribution is 5.65. The van der Waals surface area contributed by atoms with Gasteiger partial charge in [-0.05, 0) is 43.7 Å². The number of likely N-dealkylation sites (N-methyl/N-ethyl adjacent to an activating group) is 1. The van der Waals surface area contributed by atoms with Crippen LogP contribution in [0, 0.1) is 0 Å². The van der Waals surface area contributed by atoms with E-state index in [1.54, 1.807) is 0 Å². The Morgan fingerprint density at radius 1 is 0.976 bits per heavy atom. The molecule has 9 heteroatoms. The molecular formula is C32H55F3N6. The molecule has 1 saturated heterocycles. The van der Waals surface area contributed by atoms with Crippen molar-refractivity contribution in [2.24, 2.45) is 0 Å². The third-order valence-electron chi connectivity index (χ3n) is 6.45. The molecule has 234 valence electrons. The molecule has 0 radical (unpaired) electrons. The highest BCUT2D eigenvalue weighted by Gasteiger charge is 2.34. The van der Waals surface area contributed by atoms with Crippen molar-refractivity contribution in [1.29, 1.82) is 0 Å². The monoisotopic (exact) mass is 580 g/mol. The number of rotatable bonds is 10. The molecule has 1 aliphatic heterocycles. The second-order valence-corrected chi connectivity index (χ2v) is 9.71. The number of aryl methyl sites for hydroxylation is 1. The van der Waals surface area contributed by atoms with E-state index >= 15 is 0 Å². The fourth-order valence-corrected chi connectivity index (χ4v) is 3.90. The van der Waals surface area contributed by atoms with Gasteiger partial charge in [0.1, 0.15) is 11.4 Å². The summed E-state index contributed by atoms with van der Waals surface area (Å²) in [5.74, 6) is -0.547. The van der Waals surface area contributed by atoms with Gasteiger partial charge >= 0.3 is 6.18 Å². The smallest absolute Gasteiger partial charge is 0.383 e. The zero-order valence-electron chi connectivity index (χ0n) is 26.6. The first kappa shape index (κ1) is 38.2. The van der Waals surface area contributed by atoms with E-state index in [-0.39, 0.29) is 5.95 Å². The normalized spacial score (nSPS) is 13.1. The van der Waals surface area contributed by atoms with Crippen LogP contribution >= 0.6 is 0 Å². The summed E-state index contributed by atoms with van der Waals surface area (Å²) >= 11 is 0. The number of aromatic nitrogens is 2. The van der Waals surface area contributed by atoms with E-state index < -0.39 is 17.6 Å². The van der Waals surface area contributed by atoms with Crippen LogP contribution in [0.2, 0.25) is 0 Å². The minimum atomic E-state index is -4.57. The molecular weight excluding hydrogens is 525 g/mol. The van der Waals surface area contributed by atoms with Gasteiger partial charge in [0.15, 0.2) is 0 Å². The molecule has 2 aromatic rings. The molecule has 0 saturated carbocycles. The summed E-state index contributed by atoms with van der Waals surface area (Å²) in [5, 5.41) is 2.98. The molecule has 6 nitrogen and oxygen atoms in total. The van der Waals surface area contributed by atoms with Crippen LogP contribution in [0.3, 0.4) is 0 Å². The lowest BCUT2D eigenvalue weighted by molar-refractivity contribution is -0.137. The number of halogens is 3. The molecule has 41 heavy (non-hydrogen) atoms. The molecule has 1 aromatic heterocycles. The van der Waals surface area contributed by atoms with Crippen molar-refractivity contribution in [2.75, 3.05) is 49.2 Å². The number of nitrogens with two attached hydrogens (primary N) is 1. The zero-order chi connectivity index (χ0) is 31.3. The number of hydrogen-bond donors (Lipinski definition) is 2. The van der Waals surface area contributed by atoms with E-state index in [0.717, 1.165) is 56.0 Å². The lowest BCUT2D eigenvalue weighted by atomic mass is 10.1. The third kappa shape index (κ3) is 15.1. The maximum Gasteiger partial charge on any atom is 0.421 e. The van der Waals surface area contributed by atoms with Gasteiger partial charge in [0.2, 0.25) is 5.95 Å². The number of anilines is 4. The molecule has 0 bridgehead atoms. The van der Waals surface area contributed by atoms with Gasteiger partial charge in [0, 0.05) is 43.8 Å². The molecule has 1 fully saturated rings. The van der Waals surface area contributed by atoms with Gasteiger partial charge in [-0.15, -0.1) is 6.58 Å². The van der Waals surface area contributed by atoms with Crippen molar-refractivity contribution in [3.63, 3.8) is 0 Å². The number of hydrogen-bond acceptors (Lipinski definition) is 6. The zero-order valence-corrected chi connectivity index (χ0v) is 26.6. The molecule has 0 atom stereocenters. The molecule has 0 amide bonds. The molecule has 1 aromatic carbocycles. The van der Waals surface area contributed by atoms with E-state index in [9.17, 15) is 13.2 Å². The van der Waals surface area contributed by atoms with E-state index in [4.69, 9.17) is 5.73 Å². The van der Waals surface area contributed by atoms with Crippen LogP contribution < -0.4 is 16.0 Å². The first-order chi connectivity index (χ1) is 19.6. The highest BCUT2D eigenvalue weighted by atomic mass is 19.4. The predicted octanol–water partition coefficient (Wildman–Crippen LogP) is 9.11. The molecule has 1 aliphatic rings. The van der Waals surface area contributed by atoms with Crippen LogP contribution in [-0.4, -0.2) is 48.1 Å². The molecule has 3 N–H and O–H groups in total. The van der Waals surface area contributed by atoms with Crippen molar-refractivity contribution in [2.45, 2.75) is 99.1 Å². The number of benzene rings is 1. The molecule has 2 heterocycles. The Balaban J connectivity index is 0.000000956.